The van der Waals surface area contributed by atoms with E-state index in [4.69, 9.17) is 9.73 Å². The van der Waals surface area contributed by atoms with Gasteiger partial charge < -0.3 is 4.74 Å². The van der Waals surface area contributed by atoms with Crippen LogP contribution in [0, 0.1) is 5.82 Å². The molecule has 2 heterocycles. The van der Waals surface area contributed by atoms with Crippen molar-refractivity contribution in [2.75, 3.05) is 6.61 Å². The van der Waals surface area contributed by atoms with E-state index in [0.29, 0.717) is 17.9 Å². The van der Waals surface area contributed by atoms with E-state index in [1.807, 2.05) is 60.7 Å². The lowest BCUT2D eigenvalue weighted by Crippen LogP contribution is -2.40. The number of hydrogen-bond donors (Lipinski definition) is 0. The lowest BCUT2D eigenvalue weighted by atomic mass is 9.67. The molecule has 0 fully saturated rings. The Labute approximate surface area is 180 Å². The minimum absolute atomic E-state index is 0.121. The molecule has 2 aliphatic heterocycles. The van der Waals surface area contributed by atoms with E-state index in [0.717, 1.165) is 28.1 Å². The summed E-state index contributed by atoms with van der Waals surface area (Å²) in [7, 11) is 0. The second kappa shape index (κ2) is 6.92. The molecule has 1 spiro atoms. The summed E-state index contributed by atoms with van der Waals surface area (Å²) < 4.78 is 21.5. The number of rotatable bonds is 3. The zero-order valence-electron chi connectivity index (χ0n) is 16.8. The first kappa shape index (κ1) is 18.1. The molecule has 4 aromatic carbocycles. The van der Waals surface area contributed by atoms with Crippen molar-refractivity contribution in [1.29, 1.82) is 0 Å². The Bertz CT molecular complexity index is 1260. The van der Waals surface area contributed by atoms with E-state index in [-0.39, 0.29) is 11.7 Å². The van der Waals surface area contributed by atoms with Gasteiger partial charge in [0.25, 0.3) is 0 Å². The van der Waals surface area contributed by atoms with Crippen molar-refractivity contribution in [2.24, 2.45) is 4.99 Å². The number of nitrogens with zero attached hydrogens (tertiary/aromatic N) is 1. The van der Waals surface area contributed by atoms with Crippen LogP contribution < -0.4 is 4.74 Å². The maximum Gasteiger partial charge on any atom is 0.131 e. The summed E-state index contributed by atoms with van der Waals surface area (Å²) in [6.07, 6.45) is 0. The Kier molecular flexibility index (Phi) is 4.03. The Morgan fingerprint density at radius 1 is 0.742 bits per heavy atom. The summed E-state index contributed by atoms with van der Waals surface area (Å²) in [6.45, 7) is 0.343. The molecule has 31 heavy (non-hydrogen) atoms. The number of halogens is 1. The lowest BCUT2D eigenvalue weighted by Gasteiger charge is -2.32. The Balaban J connectivity index is 1.66. The normalized spacial score (nSPS) is 18.6. The molecule has 6 rings (SSSR count). The monoisotopic (exact) mass is 405 g/mol. The van der Waals surface area contributed by atoms with Crippen molar-refractivity contribution in [3.63, 3.8) is 0 Å². The molecule has 0 aliphatic carbocycles. The molecule has 0 amide bonds. The average molecular weight is 405 g/mol. The molecular weight excluding hydrogens is 385 g/mol. The molecule has 150 valence electrons. The predicted octanol–water partition coefficient (Wildman–Crippen LogP) is 6.42. The number of hydrogen-bond acceptors (Lipinski definition) is 2. The van der Waals surface area contributed by atoms with Crippen LogP contribution in [0.1, 0.15) is 28.2 Å². The molecule has 2 aliphatic rings. The van der Waals surface area contributed by atoms with Crippen LogP contribution in [0.15, 0.2) is 108 Å². The van der Waals surface area contributed by atoms with E-state index in [1.54, 1.807) is 6.07 Å². The smallest absolute Gasteiger partial charge is 0.131 e. The van der Waals surface area contributed by atoms with Gasteiger partial charge in [-0.2, -0.15) is 0 Å². The van der Waals surface area contributed by atoms with Gasteiger partial charge in [-0.3, -0.25) is 4.99 Å². The van der Waals surface area contributed by atoms with Crippen LogP contribution in [0.5, 0.6) is 5.75 Å². The van der Waals surface area contributed by atoms with Gasteiger partial charge in [-0.15, -0.1) is 0 Å². The van der Waals surface area contributed by atoms with Crippen LogP contribution in [0.3, 0.4) is 0 Å². The summed E-state index contributed by atoms with van der Waals surface area (Å²) >= 11 is 0. The third-order valence-electron chi connectivity index (χ3n) is 6.43. The Morgan fingerprint density at radius 3 is 2.10 bits per heavy atom. The molecule has 1 unspecified atom stereocenters. The predicted molar refractivity (Wildman–Crippen MR) is 121 cm³/mol. The van der Waals surface area contributed by atoms with Gasteiger partial charge in [-0.25, -0.2) is 4.39 Å². The number of ether oxygens (including phenoxy) is 1. The van der Waals surface area contributed by atoms with Crippen molar-refractivity contribution in [3.8, 4) is 5.75 Å². The summed E-state index contributed by atoms with van der Waals surface area (Å²) in [5, 5.41) is 0. The van der Waals surface area contributed by atoms with Gasteiger partial charge in [0.2, 0.25) is 0 Å². The molecule has 2 nitrogen and oxygen atoms in total. The Hall–Kier alpha value is -3.72. The molecule has 4 aromatic rings. The second-order valence-corrected chi connectivity index (χ2v) is 8.08. The van der Waals surface area contributed by atoms with Gasteiger partial charge >= 0.3 is 0 Å². The third kappa shape index (κ3) is 2.59. The van der Waals surface area contributed by atoms with Crippen molar-refractivity contribution in [3.05, 3.63) is 131 Å². The van der Waals surface area contributed by atoms with Crippen LogP contribution in [0.2, 0.25) is 0 Å². The summed E-state index contributed by atoms with van der Waals surface area (Å²) in [5.74, 6) is 0.229. The highest BCUT2D eigenvalue weighted by Gasteiger charge is 2.54. The van der Waals surface area contributed by atoms with Crippen molar-refractivity contribution in [1.82, 2.24) is 0 Å². The molecule has 0 saturated heterocycles. The van der Waals surface area contributed by atoms with Crippen LogP contribution in [-0.4, -0.2) is 12.3 Å². The second-order valence-electron chi connectivity index (χ2n) is 8.08. The number of para-hydroxylation sites is 1. The number of aliphatic imine (C=N–C) groups is 1. The molecule has 1 atom stereocenters. The zero-order chi connectivity index (χ0) is 20.8. The van der Waals surface area contributed by atoms with Crippen LogP contribution in [-0.2, 0) is 5.41 Å². The van der Waals surface area contributed by atoms with Gasteiger partial charge in [0, 0.05) is 17.2 Å². The SMILES string of the molecule is Fc1cccc2c1C1(CO2)C(C(c2ccccc2)c2ccccc2)=Nc2ccccc21. The molecular formula is C28H20FNO. The van der Waals surface area contributed by atoms with Gasteiger partial charge in [-0.1, -0.05) is 84.9 Å². The first-order chi connectivity index (χ1) is 15.3. The fraction of sp³-hybridized carbons (Fsp3) is 0.107. The number of benzene rings is 4. The Morgan fingerprint density at radius 2 is 1.39 bits per heavy atom. The fourth-order valence-corrected chi connectivity index (χ4v) is 5.12. The number of fused-ring (bicyclic) bond motifs is 4. The van der Waals surface area contributed by atoms with Gasteiger partial charge in [0.15, 0.2) is 0 Å². The van der Waals surface area contributed by atoms with Gasteiger partial charge in [0.05, 0.1) is 5.69 Å². The standard InChI is InChI=1S/C28H20FNO/c29-22-15-9-17-24-26(22)28(18-31-24)21-14-7-8-16-23(21)30-27(28)25(19-10-3-1-4-11-19)20-12-5-2-6-13-20/h1-17,25H,18H2. The first-order valence-electron chi connectivity index (χ1n) is 10.5. The van der Waals surface area contributed by atoms with E-state index in [9.17, 15) is 0 Å². The van der Waals surface area contributed by atoms with Crippen molar-refractivity contribution in [2.45, 2.75) is 11.3 Å². The highest BCUT2D eigenvalue weighted by molar-refractivity contribution is 6.11. The topological polar surface area (TPSA) is 21.6 Å². The largest absolute Gasteiger partial charge is 0.491 e. The van der Waals surface area contributed by atoms with E-state index in [2.05, 4.69) is 30.3 Å². The highest BCUT2D eigenvalue weighted by Crippen LogP contribution is 2.55. The first-order valence-corrected chi connectivity index (χ1v) is 10.5. The molecule has 0 radical (unpaired) electrons. The van der Waals surface area contributed by atoms with E-state index < -0.39 is 5.41 Å². The summed E-state index contributed by atoms with van der Waals surface area (Å²) in [5.41, 5.74) is 4.90. The third-order valence-corrected chi connectivity index (χ3v) is 6.43. The van der Waals surface area contributed by atoms with Crippen LogP contribution >= 0.6 is 0 Å². The zero-order valence-corrected chi connectivity index (χ0v) is 16.8. The minimum Gasteiger partial charge on any atom is -0.491 e. The lowest BCUT2D eigenvalue weighted by molar-refractivity contribution is 0.324. The van der Waals surface area contributed by atoms with Gasteiger partial charge in [-0.05, 0) is 34.9 Å². The molecule has 0 saturated carbocycles. The fourth-order valence-electron chi connectivity index (χ4n) is 5.12. The van der Waals surface area contributed by atoms with E-state index >= 15 is 4.39 Å². The minimum atomic E-state index is -0.756. The maximum atomic E-state index is 15.4. The quantitative estimate of drug-likeness (QED) is 0.385. The average Bonchev–Trinajstić information content (AvgIpc) is 3.36. The van der Waals surface area contributed by atoms with Gasteiger partial charge in [0.1, 0.15) is 23.6 Å². The molecule has 0 bridgehead atoms. The highest BCUT2D eigenvalue weighted by atomic mass is 19.1. The molecule has 0 aromatic heterocycles. The molecule has 0 N–H and O–H groups in total. The van der Waals surface area contributed by atoms with Crippen molar-refractivity contribution >= 4 is 11.4 Å². The van der Waals surface area contributed by atoms with Crippen LogP contribution in [0.25, 0.3) is 0 Å². The van der Waals surface area contributed by atoms with E-state index in [1.165, 1.54) is 6.07 Å². The maximum absolute atomic E-state index is 15.4. The summed E-state index contributed by atoms with van der Waals surface area (Å²) in [4.78, 5) is 5.15. The van der Waals surface area contributed by atoms with Crippen LogP contribution in [0.4, 0.5) is 10.1 Å². The van der Waals surface area contributed by atoms with Crippen molar-refractivity contribution < 1.29 is 9.13 Å². The summed E-state index contributed by atoms with van der Waals surface area (Å²) in [6, 6.07) is 33.8. The molecule has 3 heteroatoms.